The van der Waals surface area contributed by atoms with Crippen LogP contribution in [0.5, 0.6) is 0 Å². The Labute approximate surface area is 194 Å². The van der Waals surface area contributed by atoms with Crippen LogP contribution in [0.2, 0.25) is 5.02 Å². The second-order valence-electron chi connectivity index (χ2n) is 9.84. The van der Waals surface area contributed by atoms with E-state index in [2.05, 4.69) is 62.6 Å². The zero-order valence-corrected chi connectivity index (χ0v) is 19.7. The maximum Gasteiger partial charge on any atom is 0.138 e. The average molecular weight is 451 g/mol. The van der Waals surface area contributed by atoms with Crippen LogP contribution in [-0.4, -0.2) is 63.4 Å². The highest BCUT2D eigenvalue weighted by atomic mass is 35.5. The minimum atomic E-state index is 0.221. The molecule has 7 heteroatoms. The standard InChI is InChI=1S/C25H31ClN6/c1-29-14-15-31(17-25(29)11-12-25)23-10-4-9-22-28-19(16-32(22)23)20-7-3-8-21(30(20)2)24-18(26)6-5-13-27-24/h4-6,9-10,13,16,20-21H,3,7-8,11-12,14-15,17H2,1-2H3/t20-,21+/m1/s1. The normalized spacial score (nSPS) is 26.2. The van der Waals surface area contributed by atoms with Crippen molar-refractivity contribution in [3.63, 3.8) is 0 Å². The summed E-state index contributed by atoms with van der Waals surface area (Å²) in [6.45, 7) is 3.30. The third-order valence-corrected chi connectivity index (χ3v) is 8.34. The quantitative estimate of drug-likeness (QED) is 0.584. The molecular formula is C25H31ClN6. The number of imidazole rings is 1. The van der Waals surface area contributed by atoms with Gasteiger partial charge in [-0.3, -0.25) is 19.2 Å². The van der Waals surface area contributed by atoms with Crippen molar-refractivity contribution in [2.24, 2.45) is 0 Å². The molecular weight excluding hydrogens is 420 g/mol. The Morgan fingerprint density at radius 3 is 2.69 bits per heavy atom. The predicted octanol–water partition coefficient (Wildman–Crippen LogP) is 4.57. The van der Waals surface area contributed by atoms with E-state index in [9.17, 15) is 0 Å². The second kappa shape index (κ2) is 7.72. The topological polar surface area (TPSA) is 39.9 Å². The number of fused-ring (bicyclic) bond motifs is 1. The van der Waals surface area contributed by atoms with E-state index < -0.39 is 0 Å². The van der Waals surface area contributed by atoms with Crippen LogP contribution in [0.4, 0.5) is 5.82 Å². The van der Waals surface area contributed by atoms with Crippen molar-refractivity contribution in [3.8, 4) is 0 Å². The minimum absolute atomic E-state index is 0.221. The van der Waals surface area contributed by atoms with Gasteiger partial charge >= 0.3 is 0 Å². The van der Waals surface area contributed by atoms with E-state index >= 15 is 0 Å². The Kier molecular flexibility index (Phi) is 4.93. The lowest BCUT2D eigenvalue weighted by atomic mass is 9.92. The Balaban J connectivity index is 1.32. The highest BCUT2D eigenvalue weighted by molar-refractivity contribution is 6.31. The second-order valence-corrected chi connectivity index (χ2v) is 10.3. The number of piperazine rings is 1. The molecule has 1 aliphatic carbocycles. The summed E-state index contributed by atoms with van der Waals surface area (Å²) in [5, 5.41) is 0.756. The minimum Gasteiger partial charge on any atom is -0.355 e. The fourth-order valence-electron chi connectivity index (χ4n) is 5.83. The number of likely N-dealkylation sites (N-methyl/N-ethyl adjacent to an activating group) is 1. The number of rotatable bonds is 3. The molecule has 2 aliphatic heterocycles. The van der Waals surface area contributed by atoms with Crippen LogP contribution in [0.25, 0.3) is 5.65 Å². The van der Waals surface area contributed by atoms with Crippen molar-refractivity contribution in [3.05, 3.63) is 59.1 Å². The van der Waals surface area contributed by atoms with Crippen molar-refractivity contribution in [2.75, 3.05) is 38.6 Å². The van der Waals surface area contributed by atoms with Gasteiger partial charge in [-0.25, -0.2) is 4.98 Å². The van der Waals surface area contributed by atoms with Gasteiger partial charge in [-0.15, -0.1) is 0 Å². The Hall–Kier alpha value is -2.15. The molecule has 3 aromatic rings. The largest absolute Gasteiger partial charge is 0.355 e. The number of anilines is 1. The first-order valence-corrected chi connectivity index (χ1v) is 12.2. The first-order valence-electron chi connectivity index (χ1n) is 11.8. The average Bonchev–Trinajstić information content (AvgIpc) is 3.43. The molecule has 168 valence electrons. The molecule has 32 heavy (non-hydrogen) atoms. The van der Waals surface area contributed by atoms with Crippen molar-refractivity contribution < 1.29 is 0 Å². The van der Waals surface area contributed by atoms with E-state index in [0.717, 1.165) is 61.0 Å². The number of likely N-dealkylation sites (tertiary alicyclic amines) is 1. The van der Waals surface area contributed by atoms with Crippen LogP contribution in [0.1, 0.15) is 55.6 Å². The van der Waals surface area contributed by atoms with E-state index in [1.807, 2.05) is 18.3 Å². The van der Waals surface area contributed by atoms with E-state index in [-0.39, 0.29) is 12.1 Å². The number of nitrogens with zero attached hydrogens (tertiary/aromatic N) is 6. The maximum atomic E-state index is 6.51. The highest BCUT2D eigenvalue weighted by Gasteiger charge is 2.49. The van der Waals surface area contributed by atoms with E-state index in [4.69, 9.17) is 16.6 Å². The number of hydrogen-bond acceptors (Lipinski definition) is 5. The van der Waals surface area contributed by atoms with Crippen LogP contribution in [0.15, 0.2) is 42.7 Å². The number of halogens is 1. The summed E-state index contributed by atoms with van der Waals surface area (Å²) in [4.78, 5) is 17.3. The number of piperidine rings is 1. The summed E-state index contributed by atoms with van der Waals surface area (Å²) >= 11 is 6.51. The molecule has 1 spiro atoms. The monoisotopic (exact) mass is 450 g/mol. The van der Waals surface area contributed by atoms with Crippen LogP contribution in [0, 0.1) is 0 Å². The lowest BCUT2D eigenvalue weighted by Crippen LogP contribution is -2.53. The Morgan fingerprint density at radius 1 is 1.03 bits per heavy atom. The van der Waals surface area contributed by atoms with Crippen molar-refractivity contribution in [1.29, 1.82) is 0 Å². The van der Waals surface area contributed by atoms with Gasteiger partial charge in [0.2, 0.25) is 0 Å². The molecule has 3 aromatic heterocycles. The maximum absolute atomic E-state index is 6.51. The number of aromatic nitrogens is 3. The summed E-state index contributed by atoms with van der Waals surface area (Å²) in [5.74, 6) is 1.27. The van der Waals surface area contributed by atoms with E-state index in [1.165, 1.54) is 18.7 Å². The van der Waals surface area contributed by atoms with E-state index in [1.54, 1.807) is 0 Å². The van der Waals surface area contributed by atoms with Gasteiger partial charge < -0.3 is 4.90 Å². The molecule has 0 unspecified atom stereocenters. The molecule has 0 aromatic carbocycles. The SMILES string of the molecule is CN1[C@@H](c2cn3c(N4CCN(C)C5(CC5)C4)cccc3n2)CCC[C@H]1c1ncccc1Cl. The van der Waals surface area contributed by atoms with Crippen molar-refractivity contribution in [1.82, 2.24) is 24.2 Å². The van der Waals surface area contributed by atoms with Crippen LogP contribution in [-0.2, 0) is 0 Å². The van der Waals surface area contributed by atoms with Crippen LogP contribution < -0.4 is 4.90 Å². The molecule has 0 amide bonds. The Morgan fingerprint density at radius 2 is 1.88 bits per heavy atom. The fourth-order valence-corrected chi connectivity index (χ4v) is 6.08. The van der Waals surface area contributed by atoms with Gasteiger partial charge in [-0.2, -0.15) is 0 Å². The van der Waals surface area contributed by atoms with Gasteiger partial charge in [0.1, 0.15) is 11.5 Å². The van der Waals surface area contributed by atoms with E-state index in [0.29, 0.717) is 5.54 Å². The van der Waals surface area contributed by atoms with Gasteiger partial charge in [0.05, 0.1) is 28.5 Å². The van der Waals surface area contributed by atoms with Gasteiger partial charge in [-0.1, -0.05) is 17.7 Å². The van der Waals surface area contributed by atoms with Gasteiger partial charge in [0.15, 0.2) is 0 Å². The molecule has 0 bridgehead atoms. The molecule has 2 atom stereocenters. The molecule has 0 N–H and O–H groups in total. The zero-order valence-electron chi connectivity index (χ0n) is 18.9. The lowest BCUT2D eigenvalue weighted by Gasteiger charge is -2.41. The number of hydrogen-bond donors (Lipinski definition) is 0. The summed E-state index contributed by atoms with van der Waals surface area (Å²) < 4.78 is 2.31. The lowest BCUT2D eigenvalue weighted by molar-refractivity contribution is 0.110. The predicted molar refractivity (Wildman–Crippen MR) is 128 cm³/mol. The van der Waals surface area contributed by atoms with Gasteiger partial charge in [0, 0.05) is 37.6 Å². The summed E-state index contributed by atoms with van der Waals surface area (Å²) in [5.41, 5.74) is 3.56. The molecule has 6 nitrogen and oxygen atoms in total. The molecule has 2 saturated heterocycles. The third kappa shape index (κ3) is 3.31. The summed E-state index contributed by atoms with van der Waals surface area (Å²) in [6, 6.07) is 10.9. The molecule has 0 radical (unpaired) electrons. The molecule has 3 aliphatic rings. The molecule has 3 fully saturated rings. The van der Waals surface area contributed by atoms with Crippen LogP contribution >= 0.6 is 11.6 Å². The summed E-state index contributed by atoms with van der Waals surface area (Å²) in [6.07, 6.45) is 10.1. The fraction of sp³-hybridized carbons (Fsp3) is 0.520. The summed E-state index contributed by atoms with van der Waals surface area (Å²) in [7, 11) is 4.48. The van der Waals surface area contributed by atoms with Crippen LogP contribution in [0.3, 0.4) is 0 Å². The third-order valence-electron chi connectivity index (χ3n) is 8.02. The first-order chi connectivity index (χ1) is 15.6. The molecule has 1 saturated carbocycles. The zero-order chi connectivity index (χ0) is 21.9. The van der Waals surface area contributed by atoms with Crippen molar-refractivity contribution >= 4 is 23.1 Å². The molecule has 6 rings (SSSR count). The molecule has 5 heterocycles. The first kappa shape index (κ1) is 20.5. The number of pyridine rings is 2. The van der Waals surface area contributed by atoms with Gasteiger partial charge in [0.25, 0.3) is 0 Å². The smallest absolute Gasteiger partial charge is 0.138 e. The van der Waals surface area contributed by atoms with Crippen molar-refractivity contribution in [2.45, 2.75) is 49.7 Å². The Bertz CT molecular complexity index is 1140. The highest BCUT2D eigenvalue weighted by Crippen LogP contribution is 2.45. The van der Waals surface area contributed by atoms with Gasteiger partial charge in [-0.05, 0) is 70.5 Å².